The zero-order valence-electron chi connectivity index (χ0n) is 10.6. The summed E-state index contributed by atoms with van der Waals surface area (Å²) in [6.45, 7) is 2.91. The molecule has 1 aromatic heterocycles. The molecule has 1 heterocycles. The summed E-state index contributed by atoms with van der Waals surface area (Å²) in [6, 6.07) is 1.84. The zero-order chi connectivity index (χ0) is 13.2. The van der Waals surface area contributed by atoms with Gasteiger partial charge in [-0.25, -0.2) is 4.98 Å². The highest BCUT2D eigenvalue weighted by Gasteiger charge is 2.00. The maximum Gasteiger partial charge on any atom is 0.149 e. The lowest BCUT2D eigenvalue weighted by molar-refractivity contribution is 0.0691. The SMILES string of the molecule is COCCOCCCCNc1ncc(Br)cc1N. The molecule has 102 valence electrons. The number of nitrogen functional groups attached to an aromatic ring is 1. The Morgan fingerprint density at radius 2 is 2.17 bits per heavy atom. The van der Waals surface area contributed by atoms with Crippen molar-refractivity contribution in [3.63, 3.8) is 0 Å². The standard InChI is InChI=1S/C12H20BrN3O2/c1-17-6-7-18-5-3-2-4-15-12-11(14)8-10(13)9-16-12/h8-9H,2-7,14H2,1H3,(H,15,16). The van der Waals surface area contributed by atoms with E-state index >= 15 is 0 Å². The van der Waals surface area contributed by atoms with E-state index in [0.717, 1.165) is 36.3 Å². The molecule has 5 nitrogen and oxygen atoms in total. The molecular weight excluding hydrogens is 298 g/mol. The molecule has 3 N–H and O–H groups in total. The third kappa shape index (κ3) is 6.18. The van der Waals surface area contributed by atoms with E-state index in [1.165, 1.54) is 0 Å². The Kier molecular flexibility index (Phi) is 7.71. The molecule has 0 saturated carbocycles. The fourth-order valence-corrected chi connectivity index (χ4v) is 1.73. The minimum Gasteiger partial charge on any atom is -0.396 e. The number of rotatable bonds is 9. The molecule has 0 spiro atoms. The Hall–Kier alpha value is -0.850. The molecular formula is C12H20BrN3O2. The van der Waals surface area contributed by atoms with Gasteiger partial charge in [0.2, 0.25) is 0 Å². The van der Waals surface area contributed by atoms with E-state index in [2.05, 4.69) is 26.2 Å². The van der Waals surface area contributed by atoms with Gasteiger partial charge in [-0.15, -0.1) is 0 Å². The first-order valence-corrected chi connectivity index (χ1v) is 6.75. The Bertz CT molecular complexity index is 350. The predicted molar refractivity (Wildman–Crippen MR) is 76.8 cm³/mol. The first-order valence-electron chi connectivity index (χ1n) is 5.95. The predicted octanol–water partition coefficient (Wildman–Crippen LogP) is 2.28. The average Bonchev–Trinajstić information content (AvgIpc) is 2.35. The fourth-order valence-electron chi connectivity index (χ4n) is 1.38. The number of hydrogen-bond donors (Lipinski definition) is 2. The summed E-state index contributed by atoms with van der Waals surface area (Å²) >= 11 is 3.32. The minimum atomic E-state index is 0.650. The number of halogens is 1. The molecule has 0 radical (unpaired) electrons. The monoisotopic (exact) mass is 317 g/mol. The summed E-state index contributed by atoms with van der Waals surface area (Å²) in [5, 5.41) is 3.21. The van der Waals surface area contributed by atoms with E-state index in [1.54, 1.807) is 13.3 Å². The van der Waals surface area contributed by atoms with Gasteiger partial charge in [-0.3, -0.25) is 0 Å². The molecule has 0 amide bonds. The van der Waals surface area contributed by atoms with Crippen molar-refractivity contribution in [2.24, 2.45) is 0 Å². The number of nitrogens with zero attached hydrogens (tertiary/aromatic N) is 1. The third-order valence-electron chi connectivity index (χ3n) is 2.32. The second-order valence-electron chi connectivity index (χ2n) is 3.83. The number of methoxy groups -OCH3 is 1. The summed E-state index contributed by atoms with van der Waals surface area (Å²) < 4.78 is 11.1. The van der Waals surface area contributed by atoms with Crippen molar-refractivity contribution in [2.45, 2.75) is 12.8 Å². The highest BCUT2D eigenvalue weighted by molar-refractivity contribution is 9.10. The van der Waals surface area contributed by atoms with E-state index in [0.29, 0.717) is 18.9 Å². The first-order chi connectivity index (χ1) is 8.74. The van der Waals surface area contributed by atoms with Crippen LogP contribution in [-0.2, 0) is 9.47 Å². The lowest BCUT2D eigenvalue weighted by Gasteiger charge is -2.08. The third-order valence-corrected chi connectivity index (χ3v) is 2.76. The van der Waals surface area contributed by atoms with Gasteiger partial charge in [0.05, 0.1) is 18.9 Å². The van der Waals surface area contributed by atoms with Crippen molar-refractivity contribution >= 4 is 27.4 Å². The average molecular weight is 318 g/mol. The number of ether oxygens (including phenoxy) is 2. The van der Waals surface area contributed by atoms with Gasteiger partial charge in [0.15, 0.2) is 0 Å². The number of unbranched alkanes of at least 4 members (excludes halogenated alkanes) is 1. The molecule has 0 atom stereocenters. The second-order valence-corrected chi connectivity index (χ2v) is 4.75. The van der Waals surface area contributed by atoms with E-state index in [1.807, 2.05) is 6.07 Å². The molecule has 0 aliphatic rings. The lowest BCUT2D eigenvalue weighted by Crippen LogP contribution is -2.08. The minimum absolute atomic E-state index is 0.650. The Balaban J connectivity index is 2.07. The molecule has 0 unspecified atom stereocenters. The molecule has 18 heavy (non-hydrogen) atoms. The van der Waals surface area contributed by atoms with Gasteiger partial charge in [0.1, 0.15) is 5.82 Å². The van der Waals surface area contributed by atoms with Crippen LogP contribution in [0.3, 0.4) is 0 Å². The molecule has 6 heteroatoms. The maximum absolute atomic E-state index is 5.82. The van der Waals surface area contributed by atoms with Crippen LogP contribution in [0.5, 0.6) is 0 Å². The fraction of sp³-hybridized carbons (Fsp3) is 0.583. The van der Waals surface area contributed by atoms with Crippen LogP contribution in [0, 0.1) is 0 Å². The van der Waals surface area contributed by atoms with Gasteiger partial charge in [0, 0.05) is 30.9 Å². The molecule has 1 rings (SSSR count). The van der Waals surface area contributed by atoms with Gasteiger partial charge < -0.3 is 20.5 Å². The summed E-state index contributed by atoms with van der Waals surface area (Å²) in [4.78, 5) is 4.21. The quantitative estimate of drug-likeness (QED) is 0.684. The lowest BCUT2D eigenvalue weighted by atomic mass is 10.3. The zero-order valence-corrected chi connectivity index (χ0v) is 12.2. The van der Waals surface area contributed by atoms with Gasteiger partial charge in [0.25, 0.3) is 0 Å². The van der Waals surface area contributed by atoms with Crippen LogP contribution < -0.4 is 11.1 Å². The molecule has 0 saturated heterocycles. The maximum atomic E-state index is 5.82. The highest BCUT2D eigenvalue weighted by atomic mass is 79.9. The largest absolute Gasteiger partial charge is 0.396 e. The van der Waals surface area contributed by atoms with Gasteiger partial charge in [-0.05, 0) is 34.8 Å². The van der Waals surface area contributed by atoms with E-state index in [9.17, 15) is 0 Å². The van der Waals surface area contributed by atoms with Crippen molar-refractivity contribution in [3.05, 3.63) is 16.7 Å². The van der Waals surface area contributed by atoms with E-state index in [-0.39, 0.29) is 0 Å². The molecule has 0 aliphatic heterocycles. The Morgan fingerprint density at radius 1 is 1.33 bits per heavy atom. The molecule has 1 aromatic rings. The number of nitrogens with two attached hydrogens (primary N) is 1. The number of hydrogen-bond acceptors (Lipinski definition) is 5. The summed E-state index contributed by atoms with van der Waals surface area (Å²) in [7, 11) is 1.67. The van der Waals surface area contributed by atoms with Crippen molar-refractivity contribution in [2.75, 3.05) is 44.5 Å². The van der Waals surface area contributed by atoms with Crippen molar-refractivity contribution in [1.29, 1.82) is 0 Å². The number of anilines is 2. The van der Waals surface area contributed by atoms with Gasteiger partial charge >= 0.3 is 0 Å². The normalized spacial score (nSPS) is 10.6. The summed E-state index contributed by atoms with van der Waals surface area (Å²) in [6.07, 6.45) is 3.75. The van der Waals surface area contributed by atoms with E-state index in [4.69, 9.17) is 15.2 Å². The first kappa shape index (κ1) is 15.2. The van der Waals surface area contributed by atoms with Crippen LogP contribution in [-0.4, -0.2) is 38.5 Å². The van der Waals surface area contributed by atoms with Crippen LogP contribution in [0.4, 0.5) is 11.5 Å². The number of nitrogens with one attached hydrogen (secondary N) is 1. The van der Waals surface area contributed by atoms with Gasteiger partial charge in [-0.1, -0.05) is 0 Å². The Labute approximate surface area is 116 Å². The smallest absolute Gasteiger partial charge is 0.149 e. The van der Waals surface area contributed by atoms with Crippen LogP contribution in [0.25, 0.3) is 0 Å². The molecule has 0 aliphatic carbocycles. The molecule has 0 bridgehead atoms. The number of pyridine rings is 1. The number of aromatic nitrogens is 1. The Morgan fingerprint density at radius 3 is 2.89 bits per heavy atom. The molecule has 0 fully saturated rings. The summed E-state index contributed by atoms with van der Waals surface area (Å²) in [5.41, 5.74) is 6.48. The van der Waals surface area contributed by atoms with Crippen LogP contribution in [0.1, 0.15) is 12.8 Å². The second kappa shape index (κ2) is 9.13. The van der Waals surface area contributed by atoms with E-state index < -0.39 is 0 Å². The van der Waals surface area contributed by atoms with Crippen molar-refractivity contribution < 1.29 is 9.47 Å². The van der Waals surface area contributed by atoms with Crippen molar-refractivity contribution in [1.82, 2.24) is 4.98 Å². The summed E-state index contributed by atoms with van der Waals surface area (Å²) in [5.74, 6) is 0.735. The van der Waals surface area contributed by atoms with Crippen LogP contribution >= 0.6 is 15.9 Å². The van der Waals surface area contributed by atoms with Crippen LogP contribution in [0.2, 0.25) is 0 Å². The highest BCUT2D eigenvalue weighted by Crippen LogP contribution is 2.19. The van der Waals surface area contributed by atoms with Crippen molar-refractivity contribution in [3.8, 4) is 0 Å². The molecule has 0 aromatic carbocycles. The van der Waals surface area contributed by atoms with Gasteiger partial charge in [-0.2, -0.15) is 0 Å². The topological polar surface area (TPSA) is 69.4 Å². The van der Waals surface area contributed by atoms with Crippen LogP contribution in [0.15, 0.2) is 16.7 Å².